The first-order chi connectivity index (χ1) is 14.4. The normalized spacial score (nSPS) is 11.2. The van der Waals surface area contributed by atoms with Crippen LogP contribution < -0.4 is 5.43 Å². The largest absolute Gasteiger partial charge is 0.316 e. The number of halogens is 2. The van der Waals surface area contributed by atoms with Gasteiger partial charge in [0.2, 0.25) is 5.91 Å². The van der Waals surface area contributed by atoms with Gasteiger partial charge in [0.25, 0.3) is 0 Å². The van der Waals surface area contributed by atoms with E-state index in [0.29, 0.717) is 10.8 Å². The first-order valence-electron chi connectivity index (χ1n) is 9.46. The highest BCUT2D eigenvalue weighted by Gasteiger charge is 2.16. The van der Waals surface area contributed by atoms with Crippen LogP contribution in [0.3, 0.4) is 0 Å². The van der Waals surface area contributed by atoms with Gasteiger partial charge in [0.05, 0.1) is 12.0 Å². The molecule has 0 saturated heterocycles. The minimum Gasteiger partial charge on any atom is -0.316 e. The molecule has 3 rings (SSSR count). The van der Waals surface area contributed by atoms with Crippen LogP contribution in [0.5, 0.6) is 0 Å². The van der Waals surface area contributed by atoms with Gasteiger partial charge in [0, 0.05) is 37.9 Å². The number of nitrogens with zero attached hydrogens (tertiary/aromatic N) is 2. The Morgan fingerprint density at radius 2 is 1.93 bits per heavy atom. The predicted octanol–water partition coefficient (Wildman–Crippen LogP) is 6.20. The van der Waals surface area contributed by atoms with Gasteiger partial charge in [-0.25, -0.2) is 5.43 Å². The van der Waals surface area contributed by atoms with Crippen LogP contribution in [-0.2, 0) is 10.5 Å². The summed E-state index contributed by atoms with van der Waals surface area (Å²) in [4.78, 5) is 12.1. The Morgan fingerprint density at radius 1 is 1.17 bits per heavy atom. The highest BCUT2D eigenvalue weighted by atomic mass is 79.9. The lowest BCUT2D eigenvalue weighted by Crippen LogP contribution is -2.19. The van der Waals surface area contributed by atoms with Gasteiger partial charge < -0.3 is 4.57 Å². The Balaban J connectivity index is 1.63. The number of thioether (sulfide) groups is 1. The second-order valence-electron chi connectivity index (χ2n) is 6.94. The number of hydrogen-bond acceptors (Lipinski definition) is 3. The first kappa shape index (κ1) is 22.7. The molecule has 0 aliphatic rings. The number of hydrazone groups is 1. The van der Waals surface area contributed by atoms with E-state index >= 15 is 0 Å². The Labute approximate surface area is 194 Å². The Bertz CT molecular complexity index is 1090. The number of aromatic nitrogens is 1. The topological polar surface area (TPSA) is 46.4 Å². The molecule has 0 unspecified atom stereocenters. The van der Waals surface area contributed by atoms with Crippen molar-refractivity contribution in [3.63, 3.8) is 0 Å². The van der Waals surface area contributed by atoms with Gasteiger partial charge in [-0.05, 0) is 66.0 Å². The first-order valence-corrected chi connectivity index (χ1v) is 11.8. The van der Waals surface area contributed by atoms with Crippen molar-refractivity contribution in [1.29, 1.82) is 0 Å². The number of carbonyl (C=O) groups excluding carboxylic acids is 1. The SMILES string of the molecule is Cc1ccccc1-n1c(C)c(Br)c(/C=N\NC(=O)CSCc2cccc(Cl)c2)c1C. The Morgan fingerprint density at radius 3 is 2.67 bits per heavy atom. The summed E-state index contributed by atoms with van der Waals surface area (Å²) in [6, 6.07) is 15.9. The smallest absolute Gasteiger partial charge is 0.250 e. The van der Waals surface area contributed by atoms with Crippen LogP contribution in [0.25, 0.3) is 5.69 Å². The van der Waals surface area contributed by atoms with Crippen LogP contribution in [0.2, 0.25) is 5.02 Å². The number of carbonyl (C=O) groups is 1. The van der Waals surface area contributed by atoms with Crippen LogP contribution >= 0.6 is 39.3 Å². The maximum absolute atomic E-state index is 12.1. The van der Waals surface area contributed by atoms with E-state index in [1.807, 2.05) is 43.3 Å². The fourth-order valence-corrected chi connectivity index (χ4v) is 4.79. The summed E-state index contributed by atoms with van der Waals surface area (Å²) in [5, 5.41) is 4.88. The third-order valence-electron chi connectivity index (χ3n) is 4.74. The third-order valence-corrected chi connectivity index (χ3v) is 6.98. The molecule has 0 bridgehead atoms. The minimum atomic E-state index is -0.137. The molecule has 0 aliphatic heterocycles. The van der Waals surface area contributed by atoms with Crippen molar-refractivity contribution in [2.24, 2.45) is 5.10 Å². The minimum absolute atomic E-state index is 0.137. The van der Waals surface area contributed by atoms with Gasteiger partial charge in [-0.1, -0.05) is 41.9 Å². The van der Waals surface area contributed by atoms with Gasteiger partial charge in [-0.2, -0.15) is 5.10 Å². The molecule has 2 aromatic carbocycles. The number of amides is 1. The van der Waals surface area contributed by atoms with Gasteiger partial charge in [0.15, 0.2) is 0 Å². The van der Waals surface area contributed by atoms with Crippen molar-refractivity contribution in [3.05, 3.63) is 86.1 Å². The molecule has 3 aromatic rings. The summed E-state index contributed by atoms with van der Waals surface area (Å²) in [6.45, 7) is 6.21. The van der Waals surface area contributed by atoms with E-state index in [0.717, 1.165) is 38.4 Å². The number of aryl methyl sites for hydroxylation is 1. The summed E-state index contributed by atoms with van der Waals surface area (Å²) in [5.74, 6) is 0.913. The lowest BCUT2D eigenvalue weighted by atomic mass is 10.2. The molecular weight excluding hydrogens is 482 g/mol. The molecular formula is C23H23BrClN3OS. The summed E-state index contributed by atoms with van der Waals surface area (Å²) in [6.07, 6.45) is 1.70. The predicted molar refractivity (Wildman–Crippen MR) is 131 cm³/mol. The van der Waals surface area contributed by atoms with E-state index in [1.54, 1.807) is 6.21 Å². The van der Waals surface area contributed by atoms with Gasteiger partial charge in [-0.15, -0.1) is 11.8 Å². The number of rotatable bonds is 7. The van der Waals surface area contributed by atoms with Crippen LogP contribution in [-0.4, -0.2) is 22.4 Å². The van der Waals surface area contributed by atoms with E-state index in [2.05, 4.69) is 57.0 Å². The maximum Gasteiger partial charge on any atom is 0.250 e. The molecule has 1 aromatic heterocycles. The number of nitrogens with one attached hydrogen (secondary N) is 1. The third kappa shape index (κ3) is 5.36. The zero-order valence-corrected chi connectivity index (χ0v) is 20.2. The fourth-order valence-electron chi connectivity index (χ4n) is 3.24. The zero-order valence-electron chi connectivity index (χ0n) is 17.1. The average Bonchev–Trinajstić information content (AvgIpc) is 2.92. The standard InChI is InChI=1S/C23H23BrClN3OS/c1-15-7-4-5-10-21(15)28-16(2)20(23(24)17(28)3)12-26-27-22(29)14-30-13-18-8-6-9-19(25)11-18/h4-12H,13-14H2,1-3H3,(H,27,29)/b26-12-. The molecule has 0 spiro atoms. The van der Waals surface area contributed by atoms with Crippen molar-refractivity contribution in [2.75, 3.05) is 5.75 Å². The van der Waals surface area contributed by atoms with Crippen molar-refractivity contribution >= 4 is 51.4 Å². The maximum atomic E-state index is 12.1. The molecule has 30 heavy (non-hydrogen) atoms. The summed E-state index contributed by atoms with van der Waals surface area (Å²) in [5.41, 5.74) is 9.13. The second-order valence-corrected chi connectivity index (χ2v) is 9.15. The second kappa shape index (κ2) is 10.3. The van der Waals surface area contributed by atoms with Crippen molar-refractivity contribution in [1.82, 2.24) is 9.99 Å². The van der Waals surface area contributed by atoms with Gasteiger partial charge in [-0.3, -0.25) is 4.79 Å². The molecule has 4 nitrogen and oxygen atoms in total. The van der Waals surface area contributed by atoms with E-state index < -0.39 is 0 Å². The lowest BCUT2D eigenvalue weighted by molar-refractivity contribution is -0.118. The number of benzene rings is 2. The Hall–Kier alpha value is -2.02. The van der Waals surface area contributed by atoms with E-state index in [-0.39, 0.29) is 5.91 Å². The highest BCUT2D eigenvalue weighted by molar-refractivity contribution is 9.10. The van der Waals surface area contributed by atoms with Crippen molar-refractivity contribution in [3.8, 4) is 5.69 Å². The molecule has 0 atom stereocenters. The molecule has 1 amide bonds. The molecule has 1 heterocycles. The monoisotopic (exact) mass is 503 g/mol. The average molecular weight is 505 g/mol. The molecule has 0 aliphatic carbocycles. The molecule has 0 saturated carbocycles. The molecule has 7 heteroatoms. The van der Waals surface area contributed by atoms with Gasteiger partial charge >= 0.3 is 0 Å². The number of para-hydroxylation sites is 1. The number of hydrogen-bond donors (Lipinski definition) is 1. The van der Waals surface area contributed by atoms with Crippen LogP contribution in [0.4, 0.5) is 0 Å². The fraction of sp³-hybridized carbons (Fsp3) is 0.217. The van der Waals surface area contributed by atoms with Crippen LogP contribution in [0, 0.1) is 20.8 Å². The van der Waals surface area contributed by atoms with Crippen LogP contribution in [0.15, 0.2) is 58.1 Å². The van der Waals surface area contributed by atoms with Gasteiger partial charge in [0.1, 0.15) is 0 Å². The molecule has 0 radical (unpaired) electrons. The van der Waals surface area contributed by atoms with Crippen LogP contribution in [0.1, 0.15) is 28.1 Å². The van der Waals surface area contributed by atoms with E-state index in [1.165, 1.54) is 17.3 Å². The highest BCUT2D eigenvalue weighted by Crippen LogP contribution is 2.30. The quantitative estimate of drug-likeness (QED) is 0.307. The molecule has 156 valence electrons. The lowest BCUT2D eigenvalue weighted by Gasteiger charge is -2.12. The zero-order chi connectivity index (χ0) is 21.7. The summed E-state index contributed by atoms with van der Waals surface area (Å²) in [7, 11) is 0. The summed E-state index contributed by atoms with van der Waals surface area (Å²) >= 11 is 11.2. The Kier molecular flexibility index (Phi) is 7.81. The van der Waals surface area contributed by atoms with E-state index in [9.17, 15) is 4.79 Å². The summed E-state index contributed by atoms with van der Waals surface area (Å²) < 4.78 is 3.17. The van der Waals surface area contributed by atoms with Crippen molar-refractivity contribution in [2.45, 2.75) is 26.5 Å². The van der Waals surface area contributed by atoms with Crippen molar-refractivity contribution < 1.29 is 4.79 Å². The van der Waals surface area contributed by atoms with E-state index in [4.69, 9.17) is 11.6 Å². The molecule has 0 fully saturated rings. The molecule has 1 N–H and O–H groups in total.